The Kier molecular flexibility index (Phi) is 7.36. The highest BCUT2D eigenvalue weighted by molar-refractivity contribution is 6.66. The minimum Gasteiger partial charge on any atom is -0.442 e. The number of nitrogens with one attached hydrogen (secondary N) is 1. The Morgan fingerprint density at radius 3 is 2.58 bits per heavy atom. The molecule has 1 fully saturated rings. The van der Waals surface area contributed by atoms with E-state index in [0.717, 1.165) is 12.5 Å². The zero-order valence-corrected chi connectivity index (χ0v) is 13.1. The zero-order chi connectivity index (χ0) is 14.1. The fourth-order valence-electron chi connectivity index (χ4n) is 2.03. The first-order valence-electron chi connectivity index (χ1n) is 6.89. The van der Waals surface area contributed by atoms with Crippen LogP contribution in [0.3, 0.4) is 0 Å². The SMILES string of the molecule is CCO[Si](C)(CCCOCC1CNC(=O)O1)OCC. The van der Waals surface area contributed by atoms with Gasteiger partial charge in [-0.05, 0) is 32.9 Å². The molecule has 112 valence electrons. The van der Waals surface area contributed by atoms with Gasteiger partial charge in [0.25, 0.3) is 0 Å². The molecule has 0 aliphatic carbocycles. The van der Waals surface area contributed by atoms with Crippen LogP contribution in [0.2, 0.25) is 12.6 Å². The lowest BCUT2D eigenvalue weighted by Gasteiger charge is -2.25. The van der Waals surface area contributed by atoms with Crippen LogP contribution in [-0.4, -0.2) is 53.7 Å². The van der Waals surface area contributed by atoms with Gasteiger partial charge in [0.15, 0.2) is 0 Å². The lowest BCUT2D eigenvalue weighted by molar-refractivity contribution is 0.0453. The molecule has 0 aromatic rings. The van der Waals surface area contributed by atoms with Crippen molar-refractivity contribution in [3.05, 3.63) is 0 Å². The highest BCUT2D eigenvalue weighted by Crippen LogP contribution is 2.16. The summed E-state index contributed by atoms with van der Waals surface area (Å²) in [5, 5.41) is 2.59. The third-order valence-corrected chi connectivity index (χ3v) is 5.93. The van der Waals surface area contributed by atoms with Crippen LogP contribution in [0.5, 0.6) is 0 Å². The summed E-state index contributed by atoms with van der Waals surface area (Å²) in [6.07, 6.45) is 0.382. The zero-order valence-electron chi connectivity index (χ0n) is 12.1. The Morgan fingerprint density at radius 2 is 2.05 bits per heavy atom. The summed E-state index contributed by atoms with van der Waals surface area (Å²) in [6.45, 7) is 9.05. The number of rotatable bonds is 10. The van der Waals surface area contributed by atoms with Crippen LogP contribution < -0.4 is 5.32 Å². The van der Waals surface area contributed by atoms with Crippen molar-refractivity contribution >= 4 is 14.7 Å². The maximum atomic E-state index is 10.8. The molecule has 19 heavy (non-hydrogen) atoms. The number of hydrogen-bond acceptors (Lipinski definition) is 5. The number of ether oxygens (including phenoxy) is 2. The Hall–Kier alpha value is -0.633. The van der Waals surface area contributed by atoms with Crippen molar-refractivity contribution in [3.8, 4) is 0 Å². The predicted molar refractivity (Wildman–Crippen MR) is 73.4 cm³/mol. The lowest BCUT2D eigenvalue weighted by Crippen LogP contribution is -2.38. The highest BCUT2D eigenvalue weighted by atomic mass is 28.4. The van der Waals surface area contributed by atoms with E-state index < -0.39 is 8.56 Å². The molecule has 0 aromatic carbocycles. The average Bonchev–Trinajstić information content (AvgIpc) is 2.75. The van der Waals surface area contributed by atoms with Gasteiger partial charge in [-0.15, -0.1) is 0 Å². The van der Waals surface area contributed by atoms with Gasteiger partial charge >= 0.3 is 14.7 Å². The van der Waals surface area contributed by atoms with Crippen LogP contribution in [0.25, 0.3) is 0 Å². The van der Waals surface area contributed by atoms with E-state index in [0.29, 0.717) is 33.0 Å². The van der Waals surface area contributed by atoms with Crippen molar-refractivity contribution in [1.82, 2.24) is 5.32 Å². The van der Waals surface area contributed by atoms with Crippen LogP contribution in [0.15, 0.2) is 0 Å². The van der Waals surface area contributed by atoms with Crippen LogP contribution >= 0.6 is 0 Å². The largest absolute Gasteiger partial charge is 0.442 e. The van der Waals surface area contributed by atoms with Crippen LogP contribution in [0.4, 0.5) is 4.79 Å². The van der Waals surface area contributed by atoms with E-state index in [9.17, 15) is 4.79 Å². The van der Waals surface area contributed by atoms with Gasteiger partial charge in [0.2, 0.25) is 0 Å². The Labute approximate surface area is 116 Å². The summed E-state index contributed by atoms with van der Waals surface area (Å²) >= 11 is 0. The third kappa shape index (κ3) is 6.37. The highest BCUT2D eigenvalue weighted by Gasteiger charge is 2.30. The molecule has 1 aliphatic rings. The standard InChI is InChI=1S/C12H25NO5Si/c1-4-16-19(3,17-5-2)8-6-7-15-10-11-9-13-12(14)18-11/h11H,4-10H2,1-3H3,(H,13,14). The first-order valence-corrected chi connectivity index (χ1v) is 9.42. The second kappa shape index (κ2) is 8.52. The van der Waals surface area contributed by atoms with Gasteiger partial charge in [-0.25, -0.2) is 4.79 Å². The molecule has 0 radical (unpaired) electrons. The number of amides is 1. The number of hydrogen-bond donors (Lipinski definition) is 1. The summed E-state index contributed by atoms with van der Waals surface area (Å²) in [6, 6.07) is 0.914. The normalized spacial score (nSPS) is 19.3. The summed E-state index contributed by atoms with van der Waals surface area (Å²) < 4.78 is 22.0. The summed E-state index contributed by atoms with van der Waals surface area (Å²) in [7, 11) is -2.02. The Balaban J connectivity index is 2.09. The summed E-state index contributed by atoms with van der Waals surface area (Å²) in [5.41, 5.74) is 0. The summed E-state index contributed by atoms with van der Waals surface area (Å²) in [4.78, 5) is 10.8. The molecule has 1 atom stereocenters. The fraction of sp³-hybridized carbons (Fsp3) is 0.917. The van der Waals surface area contributed by atoms with Crippen molar-refractivity contribution in [1.29, 1.82) is 0 Å². The molecule has 0 bridgehead atoms. The molecular formula is C12H25NO5Si. The first-order chi connectivity index (χ1) is 9.09. The minimum absolute atomic E-state index is 0.157. The van der Waals surface area contributed by atoms with Crippen LogP contribution in [-0.2, 0) is 18.3 Å². The predicted octanol–water partition coefficient (Wildman–Crippen LogP) is 1.65. The quantitative estimate of drug-likeness (QED) is 0.490. The number of cyclic esters (lactones) is 1. The molecule has 1 amide bonds. The van der Waals surface area contributed by atoms with Gasteiger partial charge in [0, 0.05) is 19.8 Å². The van der Waals surface area contributed by atoms with Gasteiger partial charge in [-0.2, -0.15) is 0 Å². The van der Waals surface area contributed by atoms with Crippen molar-refractivity contribution < 1.29 is 23.1 Å². The van der Waals surface area contributed by atoms with Crippen molar-refractivity contribution in [3.63, 3.8) is 0 Å². The van der Waals surface area contributed by atoms with Gasteiger partial charge in [-0.1, -0.05) is 0 Å². The monoisotopic (exact) mass is 291 g/mol. The van der Waals surface area contributed by atoms with E-state index in [1.165, 1.54) is 0 Å². The Bertz CT molecular complexity index is 271. The molecule has 1 aliphatic heterocycles. The van der Waals surface area contributed by atoms with Gasteiger partial charge in [0.1, 0.15) is 6.10 Å². The molecule has 1 heterocycles. The average molecular weight is 291 g/mol. The van der Waals surface area contributed by atoms with Crippen molar-refractivity contribution in [2.45, 2.75) is 39.0 Å². The topological polar surface area (TPSA) is 66.0 Å². The maximum Gasteiger partial charge on any atom is 0.407 e. The van der Waals surface area contributed by atoms with Crippen LogP contribution in [0, 0.1) is 0 Å². The van der Waals surface area contributed by atoms with Gasteiger partial charge < -0.3 is 23.6 Å². The maximum absolute atomic E-state index is 10.8. The van der Waals surface area contributed by atoms with E-state index in [2.05, 4.69) is 11.9 Å². The van der Waals surface area contributed by atoms with E-state index in [4.69, 9.17) is 18.3 Å². The van der Waals surface area contributed by atoms with E-state index in [-0.39, 0.29) is 12.2 Å². The molecule has 0 aromatic heterocycles. The lowest BCUT2D eigenvalue weighted by atomic mass is 10.4. The molecule has 1 unspecified atom stereocenters. The second-order valence-corrected chi connectivity index (χ2v) is 7.93. The molecule has 1 rings (SSSR count). The van der Waals surface area contributed by atoms with Gasteiger partial charge in [0.05, 0.1) is 13.2 Å². The second-order valence-electron chi connectivity index (χ2n) is 4.59. The molecular weight excluding hydrogens is 266 g/mol. The molecule has 0 saturated carbocycles. The smallest absolute Gasteiger partial charge is 0.407 e. The number of carbonyl (C=O) groups excluding carboxylic acids is 1. The molecule has 7 heteroatoms. The van der Waals surface area contributed by atoms with E-state index in [1.807, 2.05) is 13.8 Å². The van der Waals surface area contributed by atoms with Crippen molar-refractivity contribution in [2.24, 2.45) is 0 Å². The molecule has 1 N–H and O–H groups in total. The fourth-order valence-corrected chi connectivity index (χ4v) is 4.41. The van der Waals surface area contributed by atoms with Crippen molar-refractivity contribution in [2.75, 3.05) is 33.0 Å². The number of carbonyl (C=O) groups is 1. The summed E-state index contributed by atoms with van der Waals surface area (Å²) in [5.74, 6) is 0. The van der Waals surface area contributed by atoms with E-state index >= 15 is 0 Å². The number of alkyl carbamates (subject to hydrolysis) is 1. The first kappa shape index (κ1) is 16.4. The molecule has 1 saturated heterocycles. The molecule has 6 nitrogen and oxygen atoms in total. The third-order valence-electron chi connectivity index (χ3n) is 2.87. The Morgan fingerprint density at radius 1 is 1.37 bits per heavy atom. The van der Waals surface area contributed by atoms with Crippen LogP contribution in [0.1, 0.15) is 20.3 Å². The van der Waals surface area contributed by atoms with E-state index in [1.54, 1.807) is 0 Å². The van der Waals surface area contributed by atoms with Gasteiger partial charge in [-0.3, -0.25) is 0 Å². The molecule has 0 spiro atoms. The minimum atomic E-state index is -2.02.